The average molecular weight is 406 g/mol. The smallest absolute Gasteiger partial charge is 0.284 e. The summed E-state index contributed by atoms with van der Waals surface area (Å²) in [5.41, 5.74) is 3.55. The van der Waals surface area contributed by atoms with Gasteiger partial charge in [0.05, 0.1) is 18.2 Å². The van der Waals surface area contributed by atoms with E-state index in [0.29, 0.717) is 16.3 Å². The molecule has 1 aliphatic rings. The van der Waals surface area contributed by atoms with Crippen LogP contribution in [0, 0.1) is 0 Å². The summed E-state index contributed by atoms with van der Waals surface area (Å²) in [4.78, 5) is 18.8. The fourth-order valence-electron chi connectivity index (χ4n) is 3.20. The Morgan fingerprint density at radius 2 is 1.89 bits per heavy atom. The van der Waals surface area contributed by atoms with Gasteiger partial charge < -0.3 is 4.74 Å². The van der Waals surface area contributed by atoms with E-state index in [9.17, 15) is 4.79 Å². The van der Waals surface area contributed by atoms with Gasteiger partial charge in [0, 0.05) is 22.3 Å². The van der Waals surface area contributed by atoms with Gasteiger partial charge in [-0.3, -0.25) is 4.79 Å². The van der Waals surface area contributed by atoms with Gasteiger partial charge in [-0.1, -0.05) is 54.2 Å². The van der Waals surface area contributed by atoms with Crippen LogP contribution < -0.4 is 10.3 Å². The fraction of sp³-hybridized carbons (Fsp3) is 0.0952. The lowest BCUT2D eigenvalue weighted by Crippen LogP contribution is -2.25. The number of rotatable bonds is 3. The lowest BCUT2D eigenvalue weighted by Gasteiger charge is -2.16. The predicted molar refractivity (Wildman–Crippen MR) is 115 cm³/mol. The van der Waals surface area contributed by atoms with E-state index in [1.165, 1.54) is 27.8 Å². The SMILES string of the molecule is COc1cccc(C2=Nn3c(nc4scc(-c5ccccc5)c4c3=O)SC2)c1. The van der Waals surface area contributed by atoms with Crippen molar-refractivity contribution in [2.45, 2.75) is 5.16 Å². The molecule has 28 heavy (non-hydrogen) atoms. The molecule has 0 radical (unpaired) electrons. The Morgan fingerprint density at radius 3 is 2.71 bits per heavy atom. The molecule has 0 N–H and O–H groups in total. The summed E-state index contributed by atoms with van der Waals surface area (Å²) in [5.74, 6) is 1.42. The molecule has 0 bridgehead atoms. The van der Waals surface area contributed by atoms with E-state index in [1.54, 1.807) is 7.11 Å². The second kappa shape index (κ2) is 6.92. The Kier molecular flexibility index (Phi) is 4.26. The number of thioether (sulfide) groups is 1. The van der Waals surface area contributed by atoms with Crippen molar-refractivity contribution in [2.75, 3.05) is 12.9 Å². The molecule has 5 rings (SSSR count). The topological polar surface area (TPSA) is 56.5 Å². The molecule has 7 heteroatoms. The van der Waals surface area contributed by atoms with Crippen molar-refractivity contribution in [3.63, 3.8) is 0 Å². The van der Waals surface area contributed by atoms with Crippen LogP contribution in [0.15, 0.2) is 75.0 Å². The van der Waals surface area contributed by atoms with Crippen LogP contribution in [0.2, 0.25) is 0 Å². The summed E-state index contributed by atoms with van der Waals surface area (Å²) in [5, 5.41) is 7.89. The third kappa shape index (κ3) is 2.83. The van der Waals surface area contributed by atoms with Gasteiger partial charge in [0.15, 0.2) is 5.16 Å². The highest BCUT2D eigenvalue weighted by Crippen LogP contribution is 2.33. The molecule has 0 saturated carbocycles. The Morgan fingerprint density at radius 1 is 1.07 bits per heavy atom. The van der Waals surface area contributed by atoms with Crippen LogP contribution in [0.5, 0.6) is 5.75 Å². The lowest BCUT2D eigenvalue weighted by atomic mass is 10.1. The maximum Gasteiger partial charge on any atom is 0.284 e. The minimum Gasteiger partial charge on any atom is -0.497 e. The summed E-state index contributed by atoms with van der Waals surface area (Å²) >= 11 is 3.02. The van der Waals surface area contributed by atoms with Crippen molar-refractivity contribution in [1.82, 2.24) is 9.66 Å². The second-order valence-electron chi connectivity index (χ2n) is 6.27. The number of hydrogen-bond donors (Lipinski definition) is 0. The molecular weight excluding hydrogens is 390 g/mol. The molecule has 2 aromatic heterocycles. The molecule has 0 amide bonds. The quantitative estimate of drug-likeness (QED) is 0.471. The summed E-state index contributed by atoms with van der Waals surface area (Å²) in [7, 11) is 1.64. The average Bonchev–Trinajstić information content (AvgIpc) is 3.18. The van der Waals surface area contributed by atoms with Gasteiger partial charge in [-0.25, -0.2) is 4.98 Å². The first-order chi connectivity index (χ1) is 13.7. The van der Waals surface area contributed by atoms with E-state index in [1.807, 2.05) is 60.0 Å². The normalized spacial score (nSPS) is 13.2. The van der Waals surface area contributed by atoms with Crippen molar-refractivity contribution in [2.24, 2.45) is 5.10 Å². The highest BCUT2D eigenvalue weighted by atomic mass is 32.2. The van der Waals surface area contributed by atoms with Crippen LogP contribution in [-0.2, 0) is 0 Å². The van der Waals surface area contributed by atoms with Gasteiger partial charge in [-0.15, -0.1) is 11.3 Å². The standard InChI is InChI=1S/C21H15N3O2S2/c1-26-15-9-5-8-14(10-15)17-12-28-21-22-19-18(20(25)24(21)23-17)16(11-27-19)13-6-3-2-4-7-13/h2-11H,12H2,1H3. The van der Waals surface area contributed by atoms with Gasteiger partial charge in [-0.2, -0.15) is 9.78 Å². The van der Waals surface area contributed by atoms with Gasteiger partial charge in [0.25, 0.3) is 5.56 Å². The minimum absolute atomic E-state index is 0.132. The van der Waals surface area contributed by atoms with Crippen LogP contribution in [0.3, 0.4) is 0 Å². The van der Waals surface area contributed by atoms with Crippen molar-refractivity contribution in [3.8, 4) is 16.9 Å². The monoisotopic (exact) mass is 405 g/mol. The highest BCUT2D eigenvalue weighted by Gasteiger charge is 2.21. The van der Waals surface area contributed by atoms with Crippen LogP contribution in [0.25, 0.3) is 21.3 Å². The van der Waals surface area contributed by atoms with Gasteiger partial charge >= 0.3 is 0 Å². The molecule has 1 aliphatic heterocycles. The number of benzene rings is 2. The highest BCUT2D eigenvalue weighted by molar-refractivity contribution is 7.99. The molecule has 0 saturated heterocycles. The Balaban J connectivity index is 1.69. The molecular formula is C21H15N3O2S2. The van der Waals surface area contributed by atoms with E-state index in [0.717, 1.165) is 33.0 Å². The zero-order valence-electron chi connectivity index (χ0n) is 15.0. The van der Waals surface area contributed by atoms with E-state index >= 15 is 0 Å². The van der Waals surface area contributed by atoms with Crippen molar-refractivity contribution in [1.29, 1.82) is 0 Å². The Bertz CT molecular complexity index is 1280. The summed E-state index contributed by atoms with van der Waals surface area (Å²) in [6, 6.07) is 17.6. The fourth-order valence-corrected chi connectivity index (χ4v) is 5.09. The van der Waals surface area contributed by atoms with Gasteiger partial charge in [0.1, 0.15) is 10.6 Å². The first-order valence-electron chi connectivity index (χ1n) is 8.69. The number of fused-ring (bicyclic) bond motifs is 2. The van der Waals surface area contributed by atoms with Crippen LogP contribution in [0.1, 0.15) is 5.56 Å². The number of methoxy groups -OCH3 is 1. The number of nitrogens with zero attached hydrogens (tertiary/aromatic N) is 3. The Labute approximate surface area is 169 Å². The van der Waals surface area contributed by atoms with E-state index in [2.05, 4.69) is 5.10 Å². The zero-order valence-corrected chi connectivity index (χ0v) is 16.6. The van der Waals surface area contributed by atoms with E-state index < -0.39 is 0 Å². The van der Waals surface area contributed by atoms with E-state index in [-0.39, 0.29) is 5.56 Å². The zero-order chi connectivity index (χ0) is 19.1. The first-order valence-corrected chi connectivity index (χ1v) is 10.6. The molecule has 0 fully saturated rings. The van der Waals surface area contributed by atoms with Crippen molar-refractivity contribution < 1.29 is 4.74 Å². The molecule has 0 aliphatic carbocycles. The maximum atomic E-state index is 13.3. The minimum atomic E-state index is -0.132. The van der Waals surface area contributed by atoms with Gasteiger partial charge in [-0.05, 0) is 17.7 Å². The molecule has 0 unspecified atom stereocenters. The predicted octanol–water partition coefficient (Wildman–Crippen LogP) is 4.49. The van der Waals surface area contributed by atoms with Gasteiger partial charge in [0.2, 0.25) is 0 Å². The third-order valence-electron chi connectivity index (χ3n) is 4.60. The van der Waals surface area contributed by atoms with Crippen molar-refractivity contribution >= 4 is 39.0 Å². The summed E-state index contributed by atoms with van der Waals surface area (Å²) in [6.45, 7) is 0. The molecule has 3 heterocycles. The van der Waals surface area contributed by atoms with Crippen LogP contribution in [0.4, 0.5) is 0 Å². The van der Waals surface area contributed by atoms with E-state index in [4.69, 9.17) is 9.72 Å². The third-order valence-corrected chi connectivity index (χ3v) is 6.42. The summed E-state index contributed by atoms with van der Waals surface area (Å²) < 4.78 is 6.74. The molecule has 138 valence electrons. The molecule has 4 aromatic rings. The lowest BCUT2D eigenvalue weighted by molar-refractivity contribution is 0.414. The maximum absolute atomic E-state index is 13.3. The van der Waals surface area contributed by atoms with Crippen LogP contribution >= 0.6 is 23.1 Å². The summed E-state index contributed by atoms with van der Waals surface area (Å²) in [6.07, 6.45) is 0. The second-order valence-corrected chi connectivity index (χ2v) is 8.07. The first kappa shape index (κ1) is 17.2. The molecule has 2 aromatic carbocycles. The number of thiophene rings is 1. The molecule has 0 spiro atoms. The van der Waals surface area contributed by atoms with Crippen molar-refractivity contribution in [3.05, 3.63) is 75.9 Å². The number of ether oxygens (including phenoxy) is 1. The largest absolute Gasteiger partial charge is 0.497 e. The molecule has 5 nitrogen and oxygen atoms in total. The van der Waals surface area contributed by atoms with Crippen LogP contribution in [-0.4, -0.2) is 28.2 Å². The Hall–Kier alpha value is -2.90. The number of aromatic nitrogens is 2. The molecule has 0 atom stereocenters. The number of hydrogen-bond acceptors (Lipinski definition) is 6.